The Morgan fingerprint density at radius 3 is 2.33 bits per heavy atom. The van der Waals surface area contributed by atoms with E-state index in [1.165, 1.54) is 11.1 Å². The van der Waals surface area contributed by atoms with Crippen LogP contribution in [0.2, 0.25) is 0 Å². The van der Waals surface area contributed by atoms with Crippen molar-refractivity contribution in [3.63, 3.8) is 0 Å². The maximum atomic E-state index is 8.01. The highest BCUT2D eigenvalue weighted by molar-refractivity contribution is 5.81. The second-order valence-corrected chi connectivity index (χ2v) is 3.72. The maximum Gasteiger partial charge on any atom is 0.100 e. The molecule has 0 radical (unpaired) electrons. The lowest BCUT2D eigenvalue weighted by Crippen LogP contribution is -2.31. The number of amidine groups is 1. The summed E-state index contributed by atoms with van der Waals surface area (Å²) >= 11 is 0. The molecule has 1 aromatic rings. The van der Waals surface area contributed by atoms with Crippen LogP contribution in [0.1, 0.15) is 25.0 Å². The summed E-state index contributed by atoms with van der Waals surface area (Å²) in [5.41, 5.74) is 2.53. The Morgan fingerprint density at radius 2 is 1.80 bits per heavy atom. The van der Waals surface area contributed by atoms with E-state index < -0.39 is 0 Å². The van der Waals surface area contributed by atoms with Gasteiger partial charge in [0.2, 0.25) is 0 Å². The molecular weight excluding hydrogens is 184 g/mol. The highest BCUT2D eigenvalue weighted by Gasteiger charge is 2.07. The third-order valence-electron chi connectivity index (χ3n) is 2.76. The quantitative estimate of drug-likeness (QED) is 0.592. The van der Waals surface area contributed by atoms with Gasteiger partial charge in [0.25, 0.3) is 0 Å². The predicted octanol–water partition coefficient (Wildman–Crippen LogP) is 2.86. The number of aryl methyl sites for hydroxylation is 1. The lowest BCUT2D eigenvalue weighted by atomic mass is 10.1. The third kappa shape index (κ3) is 3.08. The Morgan fingerprint density at radius 1 is 1.20 bits per heavy atom. The van der Waals surface area contributed by atoms with Crippen LogP contribution in [-0.4, -0.2) is 23.8 Å². The molecule has 0 atom stereocenters. The van der Waals surface area contributed by atoms with Crippen molar-refractivity contribution in [2.45, 2.75) is 27.2 Å². The van der Waals surface area contributed by atoms with Crippen LogP contribution in [0.15, 0.2) is 24.3 Å². The van der Waals surface area contributed by atoms with E-state index in [-0.39, 0.29) is 0 Å². The molecule has 0 aliphatic rings. The van der Waals surface area contributed by atoms with Crippen LogP contribution in [0.25, 0.3) is 0 Å². The molecule has 0 amide bonds. The molecule has 1 aromatic carbocycles. The number of benzene rings is 1. The number of likely N-dealkylation sites (N-methyl/N-ethyl adjacent to an activating group) is 1. The zero-order valence-electron chi connectivity index (χ0n) is 9.88. The number of hydrogen-bond acceptors (Lipinski definition) is 1. The summed E-state index contributed by atoms with van der Waals surface area (Å²) < 4.78 is 0. The molecule has 1 rings (SSSR count). The number of nitrogens with zero attached hydrogens (tertiary/aromatic N) is 1. The molecule has 0 heterocycles. The summed E-state index contributed by atoms with van der Waals surface area (Å²) in [6.07, 6.45) is 0.744. The van der Waals surface area contributed by atoms with Crippen LogP contribution in [-0.2, 0) is 6.42 Å². The average Bonchev–Trinajstić information content (AvgIpc) is 2.23. The van der Waals surface area contributed by atoms with Gasteiger partial charge in [0.15, 0.2) is 0 Å². The molecule has 0 saturated heterocycles. The van der Waals surface area contributed by atoms with Gasteiger partial charge in [-0.1, -0.05) is 24.3 Å². The minimum Gasteiger partial charge on any atom is -0.361 e. The third-order valence-corrected chi connectivity index (χ3v) is 2.76. The summed E-state index contributed by atoms with van der Waals surface area (Å²) in [5, 5.41) is 8.01. The standard InChI is InChI=1S/C13H20N2/c1-4-15(5-2)13(14)10-12-9-7-6-8-11(12)3/h6-9,14H,4-5,10H2,1-3H3. The second kappa shape index (κ2) is 5.54. The van der Waals surface area contributed by atoms with Crippen molar-refractivity contribution in [1.82, 2.24) is 4.90 Å². The van der Waals surface area contributed by atoms with Gasteiger partial charge in [-0.25, -0.2) is 0 Å². The molecule has 0 saturated carbocycles. The van der Waals surface area contributed by atoms with Gasteiger partial charge in [0.1, 0.15) is 5.84 Å². The van der Waals surface area contributed by atoms with Gasteiger partial charge in [-0.3, -0.25) is 5.41 Å². The van der Waals surface area contributed by atoms with Crippen LogP contribution in [0.3, 0.4) is 0 Å². The van der Waals surface area contributed by atoms with E-state index in [0.29, 0.717) is 5.84 Å². The fourth-order valence-corrected chi connectivity index (χ4v) is 1.71. The lowest BCUT2D eigenvalue weighted by Gasteiger charge is -2.22. The van der Waals surface area contributed by atoms with Crippen molar-refractivity contribution in [3.8, 4) is 0 Å². The van der Waals surface area contributed by atoms with E-state index in [0.717, 1.165) is 19.5 Å². The van der Waals surface area contributed by atoms with Gasteiger partial charge >= 0.3 is 0 Å². The molecule has 0 spiro atoms. The van der Waals surface area contributed by atoms with Gasteiger partial charge in [-0.15, -0.1) is 0 Å². The minimum atomic E-state index is 0.717. The van der Waals surface area contributed by atoms with Crippen LogP contribution >= 0.6 is 0 Å². The molecular formula is C13H20N2. The van der Waals surface area contributed by atoms with Crippen LogP contribution < -0.4 is 0 Å². The van der Waals surface area contributed by atoms with Crippen molar-refractivity contribution in [2.75, 3.05) is 13.1 Å². The predicted molar refractivity (Wildman–Crippen MR) is 65.5 cm³/mol. The zero-order valence-corrected chi connectivity index (χ0v) is 9.88. The monoisotopic (exact) mass is 204 g/mol. The van der Waals surface area contributed by atoms with Gasteiger partial charge < -0.3 is 4.90 Å². The highest BCUT2D eigenvalue weighted by atomic mass is 15.1. The first-order valence-electron chi connectivity index (χ1n) is 5.55. The molecule has 0 aromatic heterocycles. The van der Waals surface area contributed by atoms with Crippen LogP contribution in [0, 0.1) is 12.3 Å². The molecule has 0 fully saturated rings. The Kier molecular flexibility index (Phi) is 4.35. The van der Waals surface area contributed by atoms with Crippen molar-refractivity contribution >= 4 is 5.84 Å². The molecule has 0 aliphatic heterocycles. The fourth-order valence-electron chi connectivity index (χ4n) is 1.71. The lowest BCUT2D eigenvalue weighted by molar-refractivity contribution is 0.455. The SMILES string of the molecule is CCN(CC)C(=N)Cc1ccccc1C. The Balaban J connectivity index is 2.70. The van der Waals surface area contributed by atoms with Gasteiger partial charge in [-0.05, 0) is 31.9 Å². The van der Waals surface area contributed by atoms with E-state index >= 15 is 0 Å². The van der Waals surface area contributed by atoms with Crippen molar-refractivity contribution in [2.24, 2.45) is 0 Å². The van der Waals surface area contributed by atoms with Crippen molar-refractivity contribution < 1.29 is 0 Å². The molecule has 0 unspecified atom stereocenters. The summed E-state index contributed by atoms with van der Waals surface area (Å²) in [4.78, 5) is 2.09. The number of rotatable bonds is 4. The molecule has 0 bridgehead atoms. The maximum absolute atomic E-state index is 8.01. The minimum absolute atomic E-state index is 0.717. The summed E-state index contributed by atoms with van der Waals surface area (Å²) in [5.74, 6) is 0.717. The van der Waals surface area contributed by atoms with Gasteiger partial charge in [0.05, 0.1) is 0 Å². The van der Waals surface area contributed by atoms with Gasteiger partial charge in [0, 0.05) is 19.5 Å². The summed E-state index contributed by atoms with van der Waals surface area (Å²) in [7, 11) is 0. The van der Waals surface area contributed by atoms with E-state index in [4.69, 9.17) is 5.41 Å². The van der Waals surface area contributed by atoms with Crippen LogP contribution in [0.4, 0.5) is 0 Å². The molecule has 0 aliphatic carbocycles. The van der Waals surface area contributed by atoms with Crippen LogP contribution in [0.5, 0.6) is 0 Å². The highest BCUT2D eigenvalue weighted by Crippen LogP contribution is 2.09. The van der Waals surface area contributed by atoms with Gasteiger partial charge in [-0.2, -0.15) is 0 Å². The largest absolute Gasteiger partial charge is 0.361 e. The fraction of sp³-hybridized carbons (Fsp3) is 0.462. The topological polar surface area (TPSA) is 27.1 Å². The molecule has 2 nitrogen and oxygen atoms in total. The normalized spacial score (nSPS) is 10.1. The van der Waals surface area contributed by atoms with E-state index in [1.54, 1.807) is 0 Å². The summed E-state index contributed by atoms with van der Waals surface area (Å²) in [6, 6.07) is 8.29. The van der Waals surface area contributed by atoms with E-state index in [9.17, 15) is 0 Å². The number of nitrogens with one attached hydrogen (secondary N) is 1. The first-order valence-corrected chi connectivity index (χ1v) is 5.55. The molecule has 15 heavy (non-hydrogen) atoms. The van der Waals surface area contributed by atoms with Crippen molar-refractivity contribution in [1.29, 1.82) is 5.41 Å². The molecule has 82 valence electrons. The summed E-state index contributed by atoms with van der Waals surface area (Å²) in [6.45, 7) is 8.12. The first kappa shape index (κ1) is 11.8. The Labute approximate surface area is 92.4 Å². The zero-order chi connectivity index (χ0) is 11.3. The molecule has 1 N–H and O–H groups in total. The Bertz CT molecular complexity index is 327. The average molecular weight is 204 g/mol. The Hall–Kier alpha value is -1.31. The number of hydrogen-bond donors (Lipinski definition) is 1. The van der Waals surface area contributed by atoms with E-state index in [1.807, 2.05) is 12.1 Å². The molecule has 2 heteroatoms. The van der Waals surface area contributed by atoms with Crippen molar-refractivity contribution in [3.05, 3.63) is 35.4 Å². The smallest absolute Gasteiger partial charge is 0.100 e. The second-order valence-electron chi connectivity index (χ2n) is 3.72. The first-order chi connectivity index (χ1) is 7.19. The van der Waals surface area contributed by atoms with E-state index in [2.05, 4.69) is 37.8 Å².